The van der Waals surface area contributed by atoms with Gasteiger partial charge in [-0.15, -0.1) is 0 Å². The van der Waals surface area contributed by atoms with Crippen molar-refractivity contribution in [3.8, 4) is 0 Å². The van der Waals surface area contributed by atoms with E-state index in [2.05, 4.69) is 12.2 Å². The zero-order valence-electron chi connectivity index (χ0n) is 12.5. The van der Waals surface area contributed by atoms with Gasteiger partial charge in [0.15, 0.2) is 0 Å². The van der Waals surface area contributed by atoms with E-state index in [-0.39, 0.29) is 17.2 Å². The average molecular weight is 291 g/mol. The molecule has 0 atom stereocenters. The third-order valence-corrected chi connectivity index (χ3v) is 4.19. The Hall–Kier alpha value is -2.11. The lowest BCUT2D eigenvalue weighted by atomic mass is 9.94. The first-order chi connectivity index (χ1) is 10.1. The van der Waals surface area contributed by atoms with Gasteiger partial charge in [-0.3, -0.25) is 14.9 Å². The highest BCUT2D eigenvalue weighted by Crippen LogP contribution is 2.27. The molecule has 0 bridgehead atoms. The number of anilines is 1. The van der Waals surface area contributed by atoms with Crippen LogP contribution in [0.3, 0.4) is 0 Å². The highest BCUT2D eigenvalue weighted by molar-refractivity contribution is 5.99. The third-order valence-electron chi connectivity index (χ3n) is 4.19. The third kappa shape index (κ3) is 3.32. The molecule has 1 aromatic rings. The zero-order chi connectivity index (χ0) is 15.4. The van der Waals surface area contributed by atoms with Crippen molar-refractivity contribution in [1.29, 1.82) is 0 Å². The molecule has 0 spiro atoms. The largest absolute Gasteiger partial charge is 0.388 e. The highest BCUT2D eigenvalue weighted by atomic mass is 16.6. The predicted octanol–water partition coefficient (Wildman–Crippen LogP) is 2.90. The second-order valence-corrected chi connectivity index (χ2v) is 5.38. The molecule has 21 heavy (non-hydrogen) atoms. The summed E-state index contributed by atoms with van der Waals surface area (Å²) >= 11 is 0. The Morgan fingerprint density at radius 3 is 2.62 bits per heavy atom. The molecule has 1 aromatic carbocycles. The van der Waals surface area contributed by atoms with Gasteiger partial charge >= 0.3 is 0 Å². The van der Waals surface area contributed by atoms with Gasteiger partial charge in [0, 0.05) is 31.9 Å². The van der Waals surface area contributed by atoms with E-state index in [9.17, 15) is 14.9 Å². The summed E-state index contributed by atoms with van der Waals surface area (Å²) in [5, 5.41) is 14.0. The van der Waals surface area contributed by atoms with E-state index in [1.165, 1.54) is 6.07 Å². The van der Waals surface area contributed by atoms with E-state index >= 15 is 0 Å². The molecule has 1 amide bonds. The number of likely N-dealkylation sites (tertiary alicyclic amines) is 1. The lowest BCUT2D eigenvalue weighted by Crippen LogP contribution is -2.38. The SMILES string of the molecule is CCC1CCN(C(=O)c2cc(NC)ccc2[N+](=O)[O-])CC1. The van der Waals surface area contributed by atoms with Crippen LogP contribution in [0.4, 0.5) is 11.4 Å². The van der Waals surface area contributed by atoms with Crippen LogP contribution in [0.2, 0.25) is 0 Å². The number of amides is 1. The molecule has 1 aliphatic rings. The molecule has 1 heterocycles. The fourth-order valence-corrected chi connectivity index (χ4v) is 2.74. The summed E-state index contributed by atoms with van der Waals surface area (Å²) in [6.07, 6.45) is 3.07. The summed E-state index contributed by atoms with van der Waals surface area (Å²) in [6, 6.07) is 4.56. The Kier molecular flexibility index (Phi) is 4.77. The molecule has 6 nitrogen and oxygen atoms in total. The first-order valence-corrected chi connectivity index (χ1v) is 7.32. The summed E-state index contributed by atoms with van der Waals surface area (Å²) in [5.41, 5.74) is 0.741. The maximum absolute atomic E-state index is 12.6. The van der Waals surface area contributed by atoms with Crippen LogP contribution in [-0.2, 0) is 0 Å². The Balaban J connectivity index is 2.23. The van der Waals surface area contributed by atoms with Gasteiger partial charge in [-0.2, -0.15) is 0 Å². The number of nitro benzene ring substituents is 1. The van der Waals surface area contributed by atoms with Gasteiger partial charge in [0.1, 0.15) is 5.56 Å². The topological polar surface area (TPSA) is 75.5 Å². The minimum absolute atomic E-state index is 0.128. The standard InChI is InChI=1S/C15H21N3O3/c1-3-11-6-8-17(9-7-11)15(19)13-10-12(16-2)4-5-14(13)18(20)21/h4-5,10-11,16H,3,6-9H2,1-2H3. The average Bonchev–Trinajstić information content (AvgIpc) is 2.53. The van der Waals surface area contributed by atoms with E-state index in [1.807, 2.05) is 0 Å². The molecular formula is C15H21N3O3. The van der Waals surface area contributed by atoms with Gasteiger partial charge in [-0.25, -0.2) is 0 Å². The molecule has 0 saturated carbocycles. The van der Waals surface area contributed by atoms with Crippen LogP contribution < -0.4 is 5.32 Å². The molecule has 0 radical (unpaired) electrons. The molecule has 114 valence electrons. The number of rotatable bonds is 4. The Labute approximate surface area is 124 Å². The van der Waals surface area contributed by atoms with Gasteiger partial charge in [0.25, 0.3) is 11.6 Å². The first kappa shape index (κ1) is 15.3. The van der Waals surface area contributed by atoms with Gasteiger partial charge in [0.2, 0.25) is 0 Å². The van der Waals surface area contributed by atoms with Crippen molar-refractivity contribution in [2.45, 2.75) is 26.2 Å². The van der Waals surface area contributed by atoms with Gasteiger partial charge in [0.05, 0.1) is 4.92 Å². The van der Waals surface area contributed by atoms with Crippen molar-refractivity contribution in [2.75, 3.05) is 25.5 Å². The maximum atomic E-state index is 12.6. The first-order valence-electron chi connectivity index (χ1n) is 7.32. The van der Waals surface area contributed by atoms with Crippen LogP contribution in [-0.4, -0.2) is 35.9 Å². The van der Waals surface area contributed by atoms with Crippen LogP contribution in [0.1, 0.15) is 36.5 Å². The highest BCUT2D eigenvalue weighted by Gasteiger charge is 2.28. The van der Waals surface area contributed by atoms with Crippen molar-refractivity contribution in [3.05, 3.63) is 33.9 Å². The number of nitrogens with zero attached hydrogens (tertiary/aromatic N) is 2. The summed E-state index contributed by atoms with van der Waals surface area (Å²) in [4.78, 5) is 24.9. The quantitative estimate of drug-likeness (QED) is 0.683. The van der Waals surface area contributed by atoms with Crippen molar-refractivity contribution < 1.29 is 9.72 Å². The van der Waals surface area contributed by atoms with Gasteiger partial charge in [-0.1, -0.05) is 13.3 Å². The molecule has 1 fully saturated rings. The van der Waals surface area contributed by atoms with Crippen molar-refractivity contribution in [3.63, 3.8) is 0 Å². The smallest absolute Gasteiger partial charge is 0.282 e. The van der Waals surface area contributed by atoms with Crippen LogP contribution in [0.15, 0.2) is 18.2 Å². The van der Waals surface area contributed by atoms with Crippen LogP contribution in [0, 0.1) is 16.0 Å². The number of carbonyl (C=O) groups excluding carboxylic acids is 1. The molecule has 0 aliphatic carbocycles. The lowest BCUT2D eigenvalue weighted by Gasteiger charge is -2.31. The summed E-state index contributed by atoms with van der Waals surface area (Å²) in [5.74, 6) is 0.418. The monoisotopic (exact) mass is 291 g/mol. The summed E-state index contributed by atoms with van der Waals surface area (Å²) in [6.45, 7) is 3.51. The summed E-state index contributed by atoms with van der Waals surface area (Å²) < 4.78 is 0. The lowest BCUT2D eigenvalue weighted by molar-refractivity contribution is -0.385. The van der Waals surface area contributed by atoms with Crippen molar-refractivity contribution >= 4 is 17.3 Å². The number of carbonyl (C=O) groups is 1. The minimum Gasteiger partial charge on any atom is -0.388 e. The molecule has 0 unspecified atom stereocenters. The van der Waals surface area contributed by atoms with E-state index in [1.54, 1.807) is 24.1 Å². The van der Waals surface area contributed by atoms with E-state index in [4.69, 9.17) is 0 Å². The second kappa shape index (κ2) is 6.56. The van der Waals surface area contributed by atoms with Crippen molar-refractivity contribution in [2.24, 2.45) is 5.92 Å². The number of nitrogens with one attached hydrogen (secondary N) is 1. The molecular weight excluding hydrogens is 270 g/mol. The fourth-order valence-electron chi connectivity index (χ4n) is 2.74. The van der Waals surface area contributed by atoms with E-state index < -0.39 is 4.92 Å². The Morgan fingerprint density at radius 2 is 2.10 bits per heavy atom. The van der Waals surface area contributed by atoms with Crippen LogP contribution >= 0.6 is 0 Å². The summed E-state index contributed by atoms with van der Waals surface area (Å²) in [7, 11) is 1.72. The normalized spacial score (nSPS) is 15.8. The Morgan fingerprint density at radius 1 is 1.43 bits per heavy atom. The number of hydrogen-bond donors (Lipinski definition) is 1. The van der Waals surface area contributed by atoms with Crippen LogP contribution in [0.25, 0.3) is 0 Å². The molecule has 1 saturated heterocycles. The number of piperidine rings is 1. The van der Waals surface area contributed by atoms with E-state index in [0.29, 0.717) is 24.7 Å². The molecule has 6 heteroatoms. The predicted molar refractivity (Wildman–Crippen MR) is 81.6 cm³/mol. The van der Waals surface area contributed by atoms with Gasteiger partial charge in [-0.05, 0) is 30.9 Å². The minimum atomic E-state index is -0.495. The molecule has 1 N–H and O–H groups in total. The Bertz CT molecular complexity index is 537. The van der Waals surface area contributed by atoms with E-state index in [0.717, 1.165) is 19.3 Å². The van der Waals surface area contributed by atoms with Gasteiger partial charge < -0.3 is 10.2 Å². The fraction of sp³-hybridized carbons (Fsp3) is 0.533. The zero-order valence-corrected chi connectivity index (χ0v) is 12.5. The number of nitro groups is 1. The molecule has 1 aliphatic heterocycles. The second-order valence-electron chi connectivity index (χ2n) is 5.38. The maximum Gasteiger partial charge on any atom is 0.282 e. The number of hydrogen-bond acceptors (Lipinski definition) is 4. The van der Waals surface area contributed by atoms with Crippen molar-refractivity contribution in [1.82, 2.24) is 4.90 Å². The molecule has 2 rings (SSSR count). The molecule has 0 aromatic heterocycles. The van der Waals surface area contributed by atoms with Crippen LogP contribution in [0.5, 0.6) is 0 Å². The number of benzene rings is 1.